The average Bonchev–Trinajstić information content (AvgIpc) is 2.71. The van der Waals surface area contributed by atoms with Gasteiger partial charge < -0.3 is 20.2 Å². The second-order valence-electron chi connectivity index (χ2n) is 5.72. The smallest absolute Gasteiger partial charge is 0.407 e. The van der Waals surface area contributed by atoms with E-state index in [1.807, 2.05) is 33.8 Å². The summed E-state index contributed by atoms with van der Waals surface area (Å²) in [6.07, 6.45) is -0.460. The lowest BCUT2D eigenvalue weighted by Gasteiger charge is -2.27. The van der Waals surface area contributed by atoms with Gasteiger partial charge in [-0.25, -0.2) is 4.79 Å². The van der Waals surface area contributed by atoms with Crippen molar-refractivity contribution in [2.75, 3.05) is 13.1 Å². The molecule has 108 valence electrons. The number of ether oxygens (including phenoxy) is 1. The Kier molecular flexibility index (Phi) is 5.04. The normalized spacial score (nSPS) is 14.8. The van der Waals surface area contributed by atoms with Gasteiger partial charge in [-0.3, -0.25) is 0 Å². The molecule has 1 aromatic heterocycles. The number of amides is 1. The van der Waals surface area contributed by atoms with Crippen LogP contribution in [-0.2, 0) is 10.2 Å². The van der Waals surface area contributed by atoms with Crippen LogP contribution in [0.5, 0.6) is 0 Å². The van der Waals surface area contributed by atoms with Crippen LogP contribution in [0.3, 0.4) is 0 Å². The molecule has 1 rings (SSSR count). The van der Waals surface area contributed by atoms with E-state index in [2.05, 4.69) is 21.2 Å². The first-order valence-corrected chi connectivity index (χ1v) is 6.88. The molecule has 0 spiro atoms. The van der Waals surface area contributed by atoms with Crippen molar-refractivity contribution >= 4 is 22.0 Å². The Morgan fingerprint density at radius 3 is 2.47 bits per heavy atom. The minimum Gasteiger partial charge on any atom is -0.454 e. The molecular formula is C13H21BrN2O3. The van der Waals surface area contributed by atoms with E-state index >= 15 is 0 Å². The third kappa shape index (κ3) is 4.87. The Morgan fingerprint density at radius 1 is 1.42 bits per heavy atom. The van der Waals surface area contributed by atoms with Crippen molar-refractivity contribution < 1.29 is 13.9 Å². The van der Waals surface area contributed by atoms with Gasteiger partial charge in [-0.1, -0.05) is 0 Å². The van der Waals surface area contributed by atoms with Gasteiger partial charge in [0.15, 0.2) is 4.67 Å². The molecule has 0 fully saturated rings. The standard InChI is InChI=1S/C13H21BrN2O3/c1-12(2,3)19-11(17)16-8-13(4,7-15)9-5-6-10(14)18-9/h5-6H,7-8,15H2,1-4H3,(H,16,17). The molecule has 1 aromatic rings. The van der Waals surface area contributed by atoms with Gasteiger partial charge in [-0.2, -0.15) is 0 Å². The van der Waals surface area contributed by atoms with Crippen LogP contribution in [0.15, 0.2) is 21.2 Å². The Balaban J connectivity index is 2.65. The van der Waals surface area contributed by atoms with Crippen LogP contribution in [0.4, 0.5) is 4.79 Å². The number of nitrogens with two attached hydrogens (primary N) is 1. The second-order valence-corrected chi connectivity index (χ2v) is 6.51. The lowest BCUT2D eigenvalue weighted by atomic mass is 9.88. The van der Waals surface area contributed by atoms with Gasteiger partial charge >= 0.3 is 6.09 Å². The largest absolute Gasteiger partial charge is 0.454 e. The fraction of sp³-hybridized carbons (Fsp3) is 0.615. The van der Waals surface area contributed by atoms with Crippen molar-refractivity contribution in [2.45, 2.75) is 38.7 Å². The first kappa shape index (κ1) is 16.0. The second kappa shape index (κ2) is 5.96. The van der Waals surface area contributed by atoms with E-state index in [0.29, 0.717) is 17.8 Å². The summed E-state index contributed by atoms with van der Waals surface area (Å²) in [4.78, 5) is 11.6. The number of rotatable bonds is 4. The SMILES string of the molecule is CC(C)(C)OC(=O)NCC(C)(CN)c1ccc(Br)o1. The molecule has 1 unspecified atom stereocenters. The zero-order valence-corrected chi connectivity index (χ0v) is 13.3. The fourth-order valence-corrected chi connectivity index (χ4v) is 1.79. The first-order valence-electron chi connectivity index (χ1n) is 6.09. The molecule has 0 saturated carbocycles. The molecule has 6 heteroatoms. The predicted molar refractivity (Wildman–Crippen MR) is 77.1 cm³/mol. The maximum Gasteiger partial charge on any atom is 0.407 e. The van der Waals surface area contributed by atoms with E-state index in [9.17, 15) is 4.79 Å². The minimum atomic E-state index is -0.517. The zero-order chi connectivity index (χ0) is 14.7. The van der Waals surface area contributed by atoms with Crippen molar-refractivity contribution in [3.05, 3.63) is 22.6 Å². The minimum absolute atomic E-state index is 0.346. The number of alkyl carbamates (subject to hydrolysis) is 1. The van der Waals surface area contributed by atoms with Gasteiger partial charge in [0.25, 0.3) is 0 Å². The van der Waals surface area contributed by atoms with Crippen LogP contribution in [0.2, 0.25) is 0 Å². The van der Waals surface area contributed by atoms with Gasteiger partial charge in [0.1, 0.15) is 11.4 Å². The Morgan fingerprint density at radius 2 is 2.05 bits per heavy atom. The quantitative estimate of drug-likeness (QED) is 0.888. The summed E-state index contributed by atoms with van der Waals surface area (Å²) in [5.41, 5.74) is 4.81. The molecule has 0 saturated heterocycles. The number of halogens is 1. The molecule has 0 aliphatic heterocycles. The van der Waals surface area contributed by atoms with Crippen molar-refractivity contribution in [2.24, 2.45) is 5.73 Å². The average molecular weight is 333 g/mol. The van der Waals surface area contributed by atoms with E-state index < -0.39 is 17.1 Å². The fourth-order valence-electron chi connectivity index (χ4n) is 1.48. The van der Waals surface area contributed by atoms with Gasteiger partial charge in [0, 0.05) is 13.1 Å². The molecule has 3 N–H and O–H groups in total. The number of nitrogens with one attached hydrogen (secondary N) is 1. The Hall–Kier alpha value is -1.01. The monoisotopic (exact) mass is 332 g/mol. The molecule has 1 amide bonds. The molecule has 1 atom stereocenters. The summed E-state index contributed by atoms with van der Waals surface area (Å²) in [6.45, 7) is 8.08. The molecular weight excluding hydrogens is 312 g/mol. The zero-order valence-electron chi connectivity index (χ0n) is 11.7. The van der Waals surface area contributed by atoms with Gasteiger partial charge in [-0.05, 0) is 55.8 Å². The third-order valence-electron chi connectivity index (χ3n) is 2.64. The maximum atomic E-state index is 11.6. The summed E-state index contributed by atoms with van der Waals surface area (Å²) in [5, 5.41) is 2.72. The van der Waals surface area contributed by atoms with Crippen LogP contribution in [0.1, 0.15) is 33.5 Å². The Bertz CT molecular complexity index is 439. The van der Waals surface area contributed by atoms with E-state index in [-0.39, 0.29) is 0 Å². The highest BCUT2D eigenvalue weighted by Gasteiger charge is 2.30. The van der Waals surface area contributed by atoms with Crippen LogP contribution >= 0.6 is 15.9 Å². The van der Waals surface area contributed by atoms with Gasteiger partial charge in [0.2, 0.25) is 0 Å². The molecule has 0 radical (unpaired) electrons. The summed E-state index contributed by atoms with van der Waals surface area (Å²) in [6, 6.07) is 3.64. The predicted octanol–water partition coefficient (Wildman–Crippen LogP) is 2.78. The van der Waals surface area contributed by atoms with Crippen LogP contribution in [0, 0.1) is 0 Å². The van der Waals surface area contributed by atoms with E-state index in [1.165, 1.54) is 0 Å². The van der Waals surface area contributed by atoms with E-state index in [0.717, 1.165) is 5.76 Å². The van der Waals surface area contributed by atoms with Crippen molar-refractivity contribution in [3.63, 3.8) is 0 Å². The number of furan rings is 1. The summed E-state index contributed by atoms with van der Waals surface area (Å²) in [7, 11) is 0. The number of carbonyl (C=O) groups is 1. The highest BCUT2D eigenvalue weighted by molar-refractivity contribution is 9.10. The number of hydrogen-bond donors (Lipinski definition) is 2. The topological polar surface area (TPSA) is 77.5 Å². The van der Waals surface area contributed by atoms with E-state index in [1.54, 1.807) is 6.07 Å². The Labute approximate surface area is 122 Å². The van der Waals surface area contributed by atoms with Crippen molar-refractivity contribution in [3.8, 4) is 0 Å². The molecule has 0 bridgehead atoms. The molecule has 0 aromatic carbocycles. The molecule has 0 aliphatic carbocycles. The van der Waals surface area contributed by atoms with Crippen LogP contribution < -0.4 is 11.1 Å². The van der Waals surface area contributed by atoms with Crippen LogP contribution in [0.25, 0.3) is 0 Å². The van der Waals surface area contributed by atoms with Gasteiger partial charge in [0.05, 0.1) is 5.41 Å². The highest BCUT2D eigenvalue weighted by Crippen LogP contribution is 2.26. The lowest BCUT2D eigenvalue weighted by molar-refractivity contribution is 0.0514. The molecule has 5 nitrogen and oxygen atoms in total. The first-order chi connectivity index (χ1) is 8.66. The van der Waals surface area contributed by atoms with Crippen LogP contribution in [-0.4, -0.2) is 24.8 Å². The maximum absolute atomic E-state index is 11.6. The highest BCUT2D eigenvalue weighted by atomic mass is 79.9. The molecule has 0 aliphatic rings. The van der Waals surface area contributed by atoms with Crippen molar-refractivity contribution in [1.29, 1.82) is 0 Å². The molecule has 1 heterocycles. The third-order valence-corrected chi connectivity index (χ3v) is 3.07. The summed E-state index contributed by atoms with van der Waals surface area (Å²) in [5.74, 6) is 0.720. The lowest BCUT2D eigenvalue weighted by Crippen LogP contribution is -2.45. The molecule has 19 heavy (non-hydrogen) atoms. The van der Waals surface area contributed by atoms with Gasteiger partial charge in [-0.15, -0.1) is 0 Å². The van der Waals surface area contributed by atoms with Crippen molar-refractivity contribution in [1.82, 2.24) is 5.32 Å². The summed E-state index contributed by atoms with van der Waals surface area (Å²) < 4.78 is 11.3. The summed E-state index contributed by atoms with van der Waals surface area (Å²) >= 11 is 3.25. The van der Waals surface area contributed by atoms with E-state index in [4.69, 9.17) is 14.9 Å². The number of carbonyl (C=O) groups excluding carboxylic acids is 1. The number of hydrogen-bond acceptors (Lipinski definition) is 4.